The van der Waals surface area contributed by atoms with Gasteiger partial charge in [0.25, 0.3) is 5.91 Å². The predicted octanol–water partition coefficient (Wildman–Crippen LogP) is 1.55. The van der Waals surface area contributed by atoms with Gasteiger partial charge in [-0.3, -0.25) is 4.79 Å². The Labute approximate surface area is 100 Å². The van der Waals surface area contributed by atoms with Crippen LogP contribution in [-0.2, 0) is 0 Å². The van der Waals surface area contributed by atoms with E-state index in [9.17, 15) is 9.18 Å². The maximum Gasteiger partial charge on any atom is 0.254 e. The molecular formula is C13H17FN2O. The number of hydrogen-bond acceptors (Lipinski definition) is 2. The van der Waals surface area contributed by atoms with Crippen molar-refractivity contribution < 1.29 is 9.18 Å². The zero-order valence-corrected chi connectivity index (χ0v) is 9.87. The van der Waals surface area contributed by atoms with Gasteiger partial charge in [0.1, 0.15) is 5.82 Å². The fourth-order valence-electron chi connectivity index (χ4n) is 2.12. The number of benzene rings is 1. The fourth-order valence-corrected chi connectivity index (χ4v) is 2.12. The van der Waals surface area contributed by atoms with Gasteiger partial charge in [-0.1, -0.05) is 19.1 Å². The molecule has 0 spiro atoms. The summed E-state index contributed by atoms with van der Waals surface area (Å²) in [6.45, 7) is 3.87. The normalized spacial score (nSPS) is 24.4. The van der Waals surface area contributed by atoms with Gasteiger partial charge in [-0.05, 0) is 37.6 Å². The summed E-state index contributed by atoms with van der Waals surface area (Å²) in [4.78, 5) is 11.9. The minimum Gasteiger partial charge on any atom is -0.349 e. The van der Waals surface area contributed by atoms with Crippen molar-refractivity contribution in [2.75, 3.05) is 13.1 Å². The maximum atomic E-state index is 13.4. The lowest BCUT2D eigenvalue weighted by Crippen LogP contribution is -2.48. The molecule has 1 saturated heterocycles. The number of carbonyl (C=O) groups is 1. The zero-order valence-electron chi connectivity index (χ0n) is 9.87. The van der Waals surface area contributed by atoms with Gasteiger partial charge in [-0.2, -0.15) is 0 Å². The average Bonchev–Trinajstić information content (AvgIpc) is 2.32. The first kappa shape index (κ1) is 12.0. The molecule has 0 radical (unpaired) electrons. The van der Waals surface area contributed by atoms with Crippen molar-refractivity contribution in [2.24, 2.45) is 5.92 Å². The lowest BCUT2D eigenvalue weighted by atomic mass is 9.95. The second-order valence-electron chi connectivity index (χ2n) is 4.53. The highest BCUT2D eigenvalue weighted by molar-refractivity contribution is 5.94. The van der Waals surface area contributed by atoms with Crippen LogP contribution in [0.1, 0.15) is 23.7 Å². The standard InChI is InChI=1S/C13H17FN2O/c1-9-8-15-7-6-12(9)16-13(17)10-4-2-3-5-11(10)14/h2-5,9,12,15H,6-8H2,1H3,(H,16,17). The number of amides is 1. The summed E-state index contributed by atoms with van der Waals surface area (Å²) >= 11 is 0. The molecule has 0 bridgehead atoms. The van der Waals surface area contributed by atoms with Crippen LogP contribution in [0.3, 0.4) is 0 Å². The smallest absolute Gasteiger partial charge is 0.254 e. The summed E-state index contributed by atoms with van der Waals surface area (Å²) in [5.74, 6) is -0.409. The van der Waals surface area contributed by atoms with Crippen LogP contribution in [0.4, 0.5) is 4.39 Å². The van der Waals surface area contributed by atoms with E-state index in [1.54, 1.807) is 12.1 Å². The summed E-state index contributed by atoms with van der Waals surface area (Å²) in [5, 5.41) is 6.17. The van der Waals surface area contributed by atoms with Gasteiger partial charge in [0.2, 0.25) is 0 Å². The maximum absolute atomic E-state index is 13.4. The van der Waals surface area contributed by atoms with Gasteiger partial charge in [0.15, 0.2) is 0 Å². The van der Waals surface area contributed by atoms with Crippen molar-refractivity contribution in [1.29, 1.82) is 0 Å². The third-order valence-corrected chi connectivity index (χ3v) is 3.22. The first-order valence-electron chi connectivity index (χ1n) is 5.94. The van der Waals surface area contributed by atoms with Crippen LogP contribution in [0, 0.1) is 11.7 Å². The SMILES string of the molecule is CC1CNCCC1NC(=O)c1ccccc1F. The highest BCUT2D eigenvalue weighted by atomic mass is 19.1. The number of nitrogens with one attached hydrogen (secondary N) is 2. The van der Waals surface area contributed by atoms with Crippen LogP contribution in [-0.4, -0.2) is 25.0 Å². The van der Waals surface area contributed by atoms with Crippen LogP contribution in [0.5, 0.6) is 0 Å². The van der Waals surface area contributed by atoms with Crippen molar-refractivity contribution in [3.05, 3.63) is 35.6 Å². The first-order chi connectivity index (χ1) is 8.18. The van der Waals surface area contributed by atoms with Crippen LogP contribution >= 0.6 is 0 Å². The van der Waals surface area contributed by atoms with Crippen LogP contribution in [0.25, 0.3) is 0 Å². The van der Waals surface area contributed by atoms with Crippen LogP contribution in [0.2, 0.25) is 0 Å². The Morgan fingerprint density at radius 1 is 1.47 bits per heavy atom. The zero-order chi connectivity index (χ0) is 12.3. The highest BCUT2D eigenvalue weighted by Crippen LogP contribution is 2.12. The molecule has 1 aromatic rings. The van der Waals surface area contributed by atoms with Crippen molar-refractivity contribution in [1.82, 2.24) is 10.6 Å². The number of hydrogen-bond donors (Lipinski definition) is 2. The van der Waals surface area contributed by atoms with Crippen LogP contribution in [0.15, 0.2) is 24.3 Å². The van der Waals surface area contributed by atoms with Crippen molar-refractivity contribution in [3.8, 4) is 0 Å². The van der Waals surface area contributed by atoms with E-state index in [-0.39, 0.29) is 17.5 Å². The van der Waals surface area contributed by atoms with Gasteiger partial charge in [0, 0.05) is 6.04 Å². The van der Waals surface area contributed by atoms with Gasteiger partial charge in [0.05, 0.1) is 5.56 Å². The molecule has 1 aliphatic heterocycles. The van der Waals surface area contributed by atoms with Gasteiger partial charge in [-0.15, -0.1) is 0 Å². The van der Waals surface area contributed by atoms with E-state index >= 15 is 0 Å². The Hall–Kier alpha value is -1.42. The molecule has 2 atom stereocenters. The molecule has 0 aromatic heterocycles. The number of piperidine rings is 1. The van der Waals surface area contributed by atoms with Crippen molar-refractivity contribution in [2.45, 2.75) is 19.4 Å². The second-order valence-corrected chi connectivity index (χ2v) is 4.53. The predicted molar refractivity (Wildman–Crippen MR) is 64.3 cm³/mol. The Morgan fingerprint density at radius 3 is 2.94 bits per heavy atom. The lowest BCUT2D eigenvalue weighted by Gasteiger charge is -2.30. The lowest BCUT2D eigenvalue weighted by molar-refractivity contribution is 0.0910. The quantitative estimate of drug-likeness (QED) is 0.818. The summed E-state index contributed by atoms with van der Waals surface area (Å²) < 4.78 is 13.4. The van der Waals surface area contributed by atoms with Gasteiger partial charge in [-0.25, -0.2) is 4.39 Å². The summed E-state index contributed by atoms with van der Waals surface area (Å²) in [6, 6.07) is 6.20. The third kappa shape index (κ3) is 2.82. The topological polar surface area (TPSA) is 41.1 Å². The van der Waals surface area contributed by atoms with E-state index in [2.05, 4.69) is 17.6 Å². The van der Waals surface area contributed by atoms with E-state index in [1.807, 2.05) is 0 Å². The van der Waals surface area contributed by atoms with Crippen molar-refractivity contribution in [3.63, 3.8) is 0 Å². The largest absolute Gasteiger partial charge is 0.349 e. The molecule has 0 aliphatic carbocycles. The molecule has 0 saturated carbocycles. The number of halogens is 1. The molecule has 17 heavy (non-hydrogen) atoms. The monoisotopic (exact) mass is 236 g/mol. The molecule has 2 unspecified atom stereocenters. The van der Waals surface area contributed by atoms with Crippen LogP contribution < -0.4 is 10.6 Å². The number of carbonyl (C=O) groups excluding carboxylic acids is 1. The molecular weight excluding hydrogens is 219 g/mol. The van der Waals surface area contributed by atoms with E-state index < -0.39 is 5.82 Å². The molecule has 1 heterocycles. The molecule has 1 aromatic carbocycles. The van der Waals surface area contributed by atoms with Gasteiger partial charge >= 0.3 is 0 Å². The highest BCUT2D eigenvalue weighted by Gasteiger charge is 2.23. The Kier molecular flexibility index (Phi) is 3.74. The molecule has 1 amide bonds. The molecule has 1 fully saturated rings. The summed E-state index contributed by atoms with van der Waals surface area (Å²) in [5.41, 5.74) is 0.123. The average molecular weight is 236 g/mol. The molecule has 2 N–H and O–H groups in total. The first-order valence-corrected chi connectivity index (χ1v) is 5.94. The Bertz CT molecular complexity index is 408. The Morgan fingerprint density at radius 2 is 2.24 bits per heavy atom. The van der Waals surface area contributed by atoms with E-state index in [0.717, 1.165) is 19.5 Å². The molecule has 3 nitrogen and oxygen atoms in total. The van der Waals surface area contributed by atoms with E-state index in [1.165, 1.54) is 12.1 Å². The molecule has 1 aliphatic rings. The molecule has 92 valence electrons. The Balaban J connectivity index is 2.04. The van der Waals surface area contributed by atoms with Gasteiger partial charge < -0.3 is 10.6 Å². The summed E-state index contributed by atoms with van der Waals surface area (Å²) in [6.07, 6.45) is 0.890. The molecule has 4 heteroatoms. The summed E-state index contributed by atoms with van der Waals surface area (Å²) in [7, 11) is 0. The minimum absolute atomic E-state index is 0.123. The molecule has 2 rings (SSSR count). The number of rotatable bonds is 2. The second kappa shape index (κ2) is 5.27. The van der Waals surface area contributed by atoms with Crippen molar-refractivity contribution >= 4 is 5.91 Å². The minimum atomic E-state index is -0.466. The van der Waals surface area contributed by atoms with E-state index in [4.69, 9.17) is 0 Å². The van der Waals surface area contributed by atoms with E-state index in [0.29, 0.717) is 5.92 Å². The fraction of sp³-hybridized carbons (Fsp3) is 0.462. The third-order valence-electron chi connectivity index (χ3n) is 3.22.